The Morgan fingerprint density at radius 2 is 1.38 bits per heavy atom. The van der Waals surface area contributed by atoms with Crippen LogP contribution in [0.25, 0.3) is 11.1 Å². The highest BCUT2D eigenvalue weighted by Crippen LogP contribution is 2.34. The molecule has 0 fully saturated rings. The van der Waals surface area contributed by atoms with Crippen molar-refractivity contribution in [3.8, 4) is 0 Å². The fraction of sp³-hybridized carbons (Fsp3) is 0.276. The maximum Gasteiger partial charge on any atom is 0.219 e. The largest absolute Gasteiger partial charge is 0.359 e. The zero-order valence-electron chi connectivity index (χ0n) is 20.0. The molecule has 0 radical (unpaired) electrons. The maximum absolute atomic E-state index is 11.7. The third-order valence-electron chi connectivity index (χ3n) is 6.33. The molecule has 0 aliphatic carbocycles. The van der Waals surface area contributed by atoms with E-state index in [0.717, 1.165) is 12.5 Å². The van der Waals surface area contributed by atoms with Crippen LogP contribution in [0.4, 0.5) is 0 Å². The highest BCUT2D eigenvalue weighted by Gasteiger charge is 2.24. The lowest BCUT2D eigenvalue weighted by Gasteiger charge is -2.23. The third-order valence-corrected chi connectivity index (χ3v) is 9.73. The fourth-order valence-electron chi connectivity index (χ4n) is 4.18. The van der Waals surface area contributed by atoms with Crippen LogP contribution in [-0.4, -0.2) is 21.0 Å². The van der Waals surface area contributed by atoms with Crippen LogP contribution in [0.1, 0.15) is 42.0 Å². The monoisotopic (exact) mass is 441 g/mol. The minimum Gasteiger partial charge on any atom is -0.359 e. The maximum atomic E-state index is 11.7. The van der Waals surface area contributed by atoms with Gasteiger partial charge in [0, 0.05) is 13.5 Å². The molecule has 3 heteroatoms. The summed E-state index contributed by atoms with van der Waals surface area (Å²) in [5, 5.41) is 4.15. The minimum absolute atomic E-state index is 0.129. The molecule has 32 heavy (non-hydrogen) atoms. The van der Waals surface area contributed by atoms with Crippen LogP contribution in [0, 0.1) is 6.92 Å². The highest BCUT2D eigenvalue weighted by molar-refractivity contribution is 6.89. The summed E-state index contributed by atoms with van der Waals surface area (Å²) in [6.45, 7) is 9.07. The lowest BCUT2D eigenvalue weighted by molar-refractivity contribution is -0.120. The zero-order chi connectivity index (χ0) is 23.1. The van der Waals surface area contributed by atoms with Gasteiger partial charge in [0.15, 0.2) is 0 Å². The molecule has 0 bridgehead atoms. The van der Waals surface area contributed by atoms with Gasteiger partial charge in [0.2, 0.25) is 5.91 Å². The lowest BCUT2D eigenvalue weighted by Crippen LogP contribution is -2.42. The third kappa shape index (κ3) is 5.66. The van der Waals surface area contributed by atoms with Crippen LogP contribution in [0.3, 0.4) is 0 Å². The van der Waals surface area contributed by atoms with Crippen molar-refractivity contribution in [1.82, 2.24) is 5.32 Å². The standard InChI is InChI=1S/C29H35NOSi/c1-6-27(23-16-18-26(19-17-23)32(4,5)21-20-28(31)30-3)29(24-10-8-7-9-11-24)25-14-12-22(2)13-15-25/h7-19H,6,20-21H2,1-5H3,(H,30,31)/b29-27-. The Labute approximate surface area is 194 Å². The van der Waals surface area contributed by atoms with Crippen molar-refractivity contribution >= 4 is 30.3 Å². The second kappa shape index (κ2) is 10.6. The van der Waals surface area contributed by atoms with Gasteiger partial charge in [-0.3, -0.25) is 4.79 Å². The molecule has 0 saturated carbocycles. The first-order valence-corrected chi connectivity index (χ1v) is 14.7. The Hall–Kier alpha value is -2.91. The molecular formula is C29H35NOSi. The summed E-state index contributed by atoms with van der Waals surface area (Å²) in [5.74, 6) is 0.129. The molecule has 0 atom stereocenters. The molecule has 0 aliphatic heterocycles. The van der Waals surface area contributed by atoms with Crippen molar-refractivity contribution < 1.29 is 4.79 Å². The molecule has 0 aromatic heterocycles. The molecule has 3 rings (SSSR count). The average Bonchev–Trinajstić information content (AvgIpc) is 2.82. The van der Waals surface area contributed by atoms with Gasteiger partial charge in [-0.1, -0.05) is 110 Å². The molecule has 0 spiro atoms. The molecule has 3 aromatic rings. The number of nitrogens with one attached hydrogen (secondary N) is 1. The number of rotatable bonds is 8. The number of amides is 1. The van der Waals surface area contributed by atoms with E-state index in [4.69, 9.17) is 0 Å². The van der Waals surface area contributed by atoms with Gasteiger partial charge in [-0.15, -0.1) is 0 Å². The number of allylic oxidation sites excluding steroid dienone is 1. The molecular weight excluding hydrogens is 406 g/mol. The molecule has 1 N–H and O–H groups in total. The van der Waals surface area contributed by atoms with Crippen LogP contribution in [0.5, 0.6) is 0 Å². The summed E-state index contributed by atoms with van der Waals surface area (Å²) in [6.07, 6.45) is 1.55. The van der Waals surface area contributed by atoms with Gasteiger partial charge >= 0.3 is 0 Å². The zero-order valence-corrected chi connectivity index (χ0v) is 21.0. The first-order chi connectivity index (χ1) is 15.4. The Morgan fingerprint density at radius 1 is 0.812 bits per heavy atom. The van der Waals surface area contributed by atoms with E-state index in [1.807, 2.05) is 0 Å². The molecule has 2 nitrogen and oxygen atoms in total. The summed E-state index contributed by atoms with van der Waals surface area (Å²) >= 11 is 0. The number of carbonyl (C=O) groups excluding carboxylic acids is 1. The summed E-state index contributed by atoms with van der Waals surface area (Å²) < 4.78 is 0. The quantitative estimate of drug-likeness (QED) is 0.317. The SMILES string of the molecule is CC/C(=C(\c1ccccc1)c1ccc(C)cc1)c1ccc([Si](C)(C)CCC(=O)NC)cc1. The van der Waals surface area contributed by atoms with E-state index in [9.17, 15) is 4.79 Å². The van der Waals surface area contributed by atoms with Gasteiger partial charge in [-0.05, 0) is 47.2 Å². The normalized spacial score (nSPS) is 12.3. The Morgan fingerprint density at radius 3 is 1.94 bits per heavy atom. The summed E-state index contributed by atoms with van der Waals surface area (Å²) in [5.41, 5.74) is 7.70. The molecule has 3 aromatic carbocycles. The van der Waals surface area contributed by atoms with Gasteiger partial charge < -0.3 is 5.32 Å². The van der Waals surface area contributed by atoms with Gasteiger partial charge in [-0.2, -0.15) is 0 Å². The predicted octanol–water partition coefficient (Wildman–Crippen LogP) is 6.42. The fourth-order valence-corrected chi connectivity index (χ4v) is 6.39. The van der Waals surface area contributed by atoms with E-state index < -0.39 is 8.07 Å². The average molecular weight is 442 g/mol. The molecule has 0 aliphatic rings. The second-order valence-corrected chi connectivity index (χ2v) is 13.9. The van der Waals surface area contributed by atoms with E-state index in [2.05, 4.69) is 111 Å². The molecule has 0 heterocycles. The van der Waals surface area contributed by atoms with E-state index in [0.29, 0.717) is 6.42 Å². The molecule has 166 valence electrons. The van der Waals surface area contributed by atoms with Crippen molar-refractivity contribution in [2.75, 3.05) is 7.05 Å². The van der Waals surface area contributed by atoms with Crippen LogP contribution in [-0.2, 0) is 4.79 Å². The Balaban J connectivity index is 2.03. The summed E-state index contributed by atoms with van der Waals surface area (Å²) in [4.78, 5) is 11.7. The van der Waals surface area contributed by atoms with Gasteiger partial charge in [0.1, 0.15) is 0 Å². The Bertz CT molecular complexity index is 1060. The van der Waals surface area contributed by atoms with Gasteiger partial charge in [0.25, 0.3) is 0 Å². The first kappa shape index (κ1) is 23.7. The van der Waals surface area contributed by atoms with Crippen LogP contribution >= 0.6 is 0 Å². The number of carbonyl (C=O) groups is 1. The molecule has 0 unspecified atom stereocenters. The number of hydrogen-bond acceptors (Lipinski definition) is 1. The Kier molecular flexibility index (Phi) is 7.87. The van der Waals surface area contributed by atoms with Crippen LogP contribution < -0.4 is 10.5 Å². The van der Waals surface area contributed by atoms with Crippen LogP contribution in [0.15, 0.2) is 78.9 Å². The molecule has 0 saturated heterocycles. The van der Waals surface area contributed by atoms with Crippen molar-refractivity contribution in [3.63, 3.8) is 0 Å². The second-order valence-electron chi connectivity index (χ2n) is 9.07. The van der Waals surface area contributed by atoms with E-state index in [1.54, 1.807) is 7.05 Å². The van der Waals surface area contributed by atoms with Crippen molar-refractivity contribution in [2.45, 2.75) is 45.8 Å². The van der Waals surface area contributed by atoms with Crippen molar-refractivity contribution in [3.05, 3.63) is 101 Å². The van der Waals surface area contributed by atoms with Crippen molar-refractivity contribution in [1.29, 1.82) is 0 Å². The number of benzene rings is 3. The summed E-state index contributed by atoms with van der Waals surface area (Å²) in [6, 6.07) is 29.6. The predicted molar refractivity (Wildman–Crippen MR) is 141 cm³/mol. The summed E-state index contributed by atoms with van der Waals surface area (Å²) in [7, 11) is 0.0464. The van der Waals surface area contributed by atoms with Crippen molar-refractivity contribution in [2.24, 2.45) is 0 Å². The van der Waals surface area contributed by atoms with E-state index in [-0.39, 0.29) is 5.91 Å². The van der Waals surface area contributed by atoms with Gasteiger partial charge in [-0.25, -0.2) is 0 Å². The molecule has 1 amide bonds. The van der Waals surface area contributed by atoms with Crippen LogP contribution in [0.2, 0.25) is 19.1 Å². The highest BCUT2D eigenvalue weighted by atomic mass is 28.3. The minimum atomic E-state index is -1.66. The number of hydrogen-bond donors (Lipinski definition) is 1. The van der Waals surface area contributed by atoms with Gasteiger partial charge in [0.05, 0.1) is 8.07 Å². The van der Waals surface area contributed by atoms with E-state index in [1.165, 1.54) is 38.6 Å². The topological polar surface area (TPSA) is 29.1 Å². The first-order valence-electron chi connectivity index (χ1n) is 11.5. The van der Waals surface area contributed by atoms with E-state index >= 15 is 0 Å². The smallest absolute Gasteiger partial charge is 0.219 e. The lowest BCUT2D eigenvalue weighted by atomic mass is 9.88. The number of aryl methyl sites for hydroxylation is 1.